The molecule has 96 valence electrons. The van der Waals surface area contributed by atoms with E-state index in [1.165, 1.54) is 11.1 Å². The third-order valence-corrected chi connectivity index (χ3v) is 3.46. The molecule has 3 heteroatoms. The van der Waals surface area contributed by atoms with Crippen LogP contribution in [0.1, 0.15) is 16.8 Å². The van der Waals surface area contributed by atoms with Crippen LogP contribution in [0.3, 0.4) is 0 Å². The molecule has 0 amide bonds. The Balaban J connectivity index is 1.82. The fraction of sp³-hybridized carbons (Fsp3) is 0.188. The highest BCUT2D eigenvalue weighted by molar-refractivity contribution is 5.53. The van der Waals surface area contributed by atoms with Crippen LogP contribution in [0.4, 0.5) is 5.82 Å². The summed E-state index contributed by atoms with van der Waals surface area (Å²) in [5.41, 5.74) is 10.4. The summed E-state index contributed by atoms with van der Waals surface area (Å²) in [6.07, 6.45) is 4.07. The molecule has 0 spiro atoms. The summed E-state index contributed by atoms with van der Waals surface area (Å²) >= 11 is 0. The Kier molecular flexibility index (Phi) is 2.95. The number of nitrogens with two attached hydrogens (primary N) is 1. The lowest BCUT2D eigenvalue weighted by molar-refractivity contribution is 0.954. The van der Waals surface area contributed by atoms with Crippen molar-refractivity contribution in [1.29, 1.82) is 0 Å². The number of benzene rings is 1. The van der Waals surface area contributed by atoms with Crippen molar-refractivity contribution < 1.29 is 0 Å². The number of aromatic nitrogens is 2. The summed E-state index contributed by atoms with van der Waals surface area (Å²) in [4.78, 5) is 4.47. The van der Waals surface area contributed by atoms with Crippen LogP contribution >= 0.6 is 0 Å². The Morgan fingerprint density at radius 1 is 1.05 bits per heavy atom. The molecule has 3 nitrogen and oxygen atoms in total. The maximum absolute atomic E-state index is 5.95. The molecule has 2 heterocycles. The van der Waals surface area contributed by atoms with Crippen LogP contribution in [0, 0.1) is 6.92 Å². The first kappa shape index (κ1) is 11.8. The molecule has 3 aromatic rings. The Hall–Kier alpha value is -2.29. The molecule has 0 atom stereocenters. The van der Waals surface area contributed by atoms with Crippen molar-refractivity contribution in [3.63, 3.8) is 0 Å². The molecule has 0 saturated carbocycles. The smallest absolute Gasteiger partial charge is 0.138 e. The zero-order valence-corrected chi connectivity index (χ0v) is 11.0. The molecular formula is C16H17N3. The standard InChI is InChI=1S/C16H17N3/c1-12-16(17)19-10-9-14(11-15(19)18-12)8-7-13-5-3-2-4-6-13/h2-6,9-11H,7-8,17H2,1H3. The van der Waals surface area contributed by atoms with Crippen LogP contribution in [0.5, 0.6) is 0 Å². The van der Waals surface area contributed by atoms with Crippen LogP contribution in [0.2, 0.25) is 0 Å². The third-order valence-electron chi connectivity index (χ3n) is 3.46. The van der Waals surface area contributed by atoms with Gasteiger partial charge in [-0.05, 0) is 43.0 Å². The van der Waals surface area contributed by atoms with Crippen LogP contribution in [0.15, 0.2) is 48.7 Å². The quantitative estimate of drug-likeness (QED) is 0.777. The van der Waals surface area contributed by atoms with E-state index in [4.69, 9.17) is 5.73 Å². The molecule has 0 radical (unpaired) electrons. The number of fused-ring (bicyclic) bond motifs is 1. The zero-order valence-electron chi connectivity index (χ0n) is 11.0. The number of nitrogens with zero attached hydrogens (tertiary/aromatic N) is 2. The zero-order chi connectivity index (χ0) is 13.2. The summed E-state index contributed by atoms with van der Waals surface area (Å²) in [6.45, 7) is 1.94. The summed E-state index contributed by atoms with van der Waals surface area (Å²) < 4.78 is 1.93. The van der Waals surface area contributed by atoms with Gasteiger partial charge >= 0.3 is 0 Å². The second kappa shape index (κ2) is 4.76. The number of aryl methyl sites for hydroxylation is 3. The molecule has 0 aliphatic carbocycles. The van der Waals surface area contributed by atoms with Gasteiger partial charge in [-0.1, -0.05) is 30.3 Å². The first-order valence-corrected chi connectivity index (χ1v) is 6.51. The molecule has 0 fully saturated rings. The minimum absolute atomic E-state index is 0.726. The fourth-order valence-electron chi connectivity index (χ4n) is 2.31. The molecule has 0 saturated heterocycles. The van der Waals surface area contributed by atoms with Gasteiger partial charge in [0, 0.05) is 6.20 Å². The van der Waals surface area contributed by atoms with Crippen molar-refractivity contribution in [3.8, 4) is 0 Å². The largest absolute Gasteiger partial charge is 0.383 e. The molecule has 0 unspecified atom stereocenters. The maximum Gasteiger partial charge on any atom is 0.138 e. The van der Waals surface area contributed by atoms with E-state index in [2.05, 4.69) is 41.4 Å². The predicted molar refractivity (Wildman–Crippen MR) is 78.2 cm³/mol. The van der Waals surface area contributed by atoms with Gasteiger partial charge in [0.2, 0.25) is 0 Å². The highest BCUT2D eigenvalue weighted by Gasteiger charge is 2.05. The van der Waals surface area contributed by atoms with Crippen molar-refractivity contribution in [2.45, 2.75) is 19.8 Å². The highest BCUT2D eigenvalue weighted by atomic mass is 15.1. The molecule has 19 heavy (non-hydrogen) atoms. The van der Waals surface area contributed by atoms with Gasteiger partial charge in [-0.2, -0.15) is 0 Å². The van der Waals surface area contributed by atoms with Crippen molar-refractivity contribution >= 4 is 11.5 Å². The molecule has 0 aliphatic heterocycles. The van der Waals surface area contributed by atoms with Gasteiger partial charge in [0.25, 0.3) is 0 Å². The van der Waals surface area contributed by atoms with E-state index in [0.717, 1.165) is 30.0 Å². The van der Waals surface area contributed by atoms with Crippen molar-refractivity contribution in [3.05, 3.63) is 65.5 Å². The number of pyridine rings is 1. The average Bonchev–Trinajstić information content (AvgIpc) is 2.73. The fourth-order valence-corrected chi connectivity index (χ4v) is 2.31. The van der Waals surface area contributed by atoms with Crippen molar-refractivity contribution in [2.24, 2.45) is 0 Å². The van der Waals surface area contributed by atoms with Gasteiger partial charge in [0.05, 0.1) is 5.69 Å². The van der Waals surface area contributed by atoms with E-state index in [1.54, 1.807) is 0 Å². The van der Waals surface area contributed by atoms with Gasteiger partial charge in [0.15, 0.2) is 0 Å². The molecule has 0 aliphatic rings. The number of hydrogen-bond donors (Lipinski definition) is 1. The summed E-state index contributed by atoms with van der Waals surface area (Å²) in [5.74, 6) is 0.726. The number of nitrogen functional groups attached to an aromatic ring is 1. The Labute approximate surface area is 112 Å². The lowest BCUT2D eigenvalue weighted by Gasteiger charge is -2.03. The van der Waals surface area contributed by atoms with E-state index in [1.807, 2.05) is 23.6 Å². The van der Waals surface area contributed by atoms with Crippen molar-refractivity contribution in [2.75, 3.05) is 5.73 Å². The Bertz CT molecular complexity index is 699. The summed E-state index contributed by atoms with van der Waals surface area (Å²) in [5, 5.41) is 0. The van der Waals surface area contributed by atoms with E-state index < -0.39 is 0 Å². The molecular weight excluding hydrogens is 234 g/mol. The minimum atomic E-state index is 0.726. The van der Waals surface area contributed by atoms with E-state index in [-0.39, 0.29) is 0 Å². The first-order chi connectivity index (χ1) is 9.24. The highest BCUT2D eigenvalue weighted by Crippen LogP contribution is 2.16. The SMILES string of the molecule is Cc1nc2cc(CCc3ccccc3)ccn2c1N. The summed E-state index contributed by atoms with van der Waals surface area (Å²) in [6, 6.07) is 14.8. The second-order valence-corrected chi connectivity index (χ2v) is 4.83. The lowest BCUT2D eigenvalue weighted by atomic mass is 10.1. The van der Waals surface area contributed by atoms with Gasteiger partial charge in [-0.15, -0.1) is 0 Å². The van der Waals surface area contributed by atoms with E-state index in [9.17, 15) is 0 Å². The lowest BCUT2D eigenvalue weighted by Crippen LogP contribution is -1.96. The minimum Gasteiger partial charge on any atom is -0.383 e. The monoisotopic (exact) mass is 251 g/mol. The second-order valence-electron chi connectivity index (χ2n) is 4.83. The van der Waals surface area contributed by atoms with Gasteiger partial charge < -0.3 is 5.73 Å². The predicted octanol–water partition coefficient (Wildman–Crippen LogP) is 3.01. The molecule has 0 bridgehead atoms. The van der Waals surface area contributed by atoms with Crippen LogP contribution in [-0.4, -0.2) is 9.38 Å². The van der Waals surface area contributed by atoms with E-state index >= 15 is 0 Å². The Morgan fingerprint density at radius 3 is 2.58 bits per heavy atom. The molecule has 2 aromatic heterocycles. The van der Waals surface area contributed by atoms with Gasteiger partial charge in [0.1, 0.15) is 11.5 Å². The summed E-state index contributed by atoms with van der Waals surface area (Å²) in [7, 11) is 0. The number of anilines is 1. The topological polar surface area (TPSA) is 43.3 Å². The van der Waals surface area contributed by atoms with Gasteiger partial charge in [-0.25, -0.2) is 4.98 Å². The average molecular weight is 251 g/mol. The Morgan fingerprint density at radius 2 is 1.79 bits per heavy atom. The van der Waals surface area contributed by atoms with Crippen molar-refractivity contribution in [1.82, 2.24) is 9.38 Å². The van der Waals surface area contributed by atoms with Crippen LogP contribution in [-0.2, 0) is 12.8 Å². The van der Waals surface area contributed by atoms with Gasteiger partial charge in [-0.3, -0.25) is 4.40 Å². The van der Waals surface area contributed by atoms with E-state index in [0.29, 0.717) is 0 Å². The molecule has 3 rings (SSSR count). The number of hydrogen-bond acceptors (Lipinski definition) is 2. The first-order valence-electron chi connectivity index (χ1n) is 6.51. The number of rotatable bonds is 3. The number of imidazole rings is 1. The molecule has 2 N–H and O–H groups in total. The normalized spacial score (nSPS) is 11.0. The third kappa shape index (κ3) is 2.32. The molecule has 1 aromatic carbocycles. The van der Waals surface area contributed by atoms with Crippen LogP contribution < -0.4 is 5.73 Å². The maximum atomic E-state index is 5.95. The van der Waals surface area contributed by atoms with Crippen LogP contribution in [0.25, 0.3) is 5.65 Å².